The van der Waals surface area contributed by atoms with Crippen LogP contribution in [0.4, 0.5) is 11.4 Å². The number of likely N-dealkylation sites (N-methyl/N-ethyl adjacent to an activating group) is 1. The molecule has 0 unspecified atom stereocenters. The average molecular weight is 388 g/mol. The topological polar surface area (TPSA) is 93.0 Å². The van der Waals surface area contributed by atoms with Gasteiger partial charge < -0.3 is 0 Å². The maximum absolute atomic E-state index is 12.7. The molecular weight excluding hydrogens is 374 g/mol. The van der Waals surface area contributed by atoms with Gasteiger partial charge >= 0.3 is 0 Å². The highest BCUT2D eigenvalue weighted by Gasteiger charge is 2.58. The molecule has 2 saturated heterocycles. The molecule has 2 aliphatic rings. The van der Waals surface area contributed by atoms with E-state index in [1.807, 2.05) is 0 Å². The summed E-state index contributed by atoms with van der Waals surface area (Å²) in [5.41, 5.74) is 1.21. The van der Waals surface area contributed by atoms with E-state index in [1.54, 1.807) is 36.4 Å². The molecule has 4 rings (SSSR count). The van der Waals surface area contributed by atoms with Crippen LogP contribution < -0.4 is 5.06 Å². The molecule has 8 nitrogen and oxygen atoms in total. The van der Waals surface area contributed by atoms with E-state index in [9.17, 15) is 19.7 Å². The van der Waals surface area contributed by atoms with Crippen LogP contribution in [0, 0.1) is 16.0 Å². The predicted octanol–water partition coefficient (Wildman–Crippen LogP) is 2.72. The smallest absolute Gasteiger partial charge is 0.269 e. The molecule has 9 heteroatoms. The van der Waals surface area contributed by atoms with Crippen molar-refractivity contribution >= 4 is 34.8 Å². The van der Waals surface area contributed by atoms with Crippen molar-refractivity contribution in [3.8, 4) is 0 Å². The Morgan fingerprint density at radius 2 is 1.67 bits per heavy atom. The molecule has 0 bridgehead atoms. The Bertz CT molecular complexity index is 931. The predicted molar refractivity (Wildman–Crippen MR) is 95.9 cm³/mol. The van der Waals surface area contributed by atoms with Crippen LogP contribution in [0.15, 0.2) is 48.5 Å². The van der Waals surface area contributed by atoms with Gasteiger partial charge in [-0.15, -0.1) is 0 Å². The van der Waals surface area contributed by atoms with Crippen LogP contribution in [-0.4, -0.2) is 34.8 Å². The van der Waals surface area contributed by atoms with Crippen molar-refractivity contribution in [3.63, 3.8) is 0 Å². The van der Waals surface area contributed by atoms with E-state index in [4.69, 9.17) is 16.4 Å². The van der Waals surface area contributed by atoms with Crippen molar-refractivity contribution in [2.75, 3.05) is 12.1 Å². The van der Waals surface area contributed by atoms with Gasteiger partial charge in [0.1, 0.15) is 5.92 Å². The minimum absolute atomic E-state index is 0.0572. The number of likely N-dealkylation sites (tertiary alicyclic amines) is 1. The van der Waals surface area contributed by atoms with Crippen LogP contribution in [0.5, 0.6) is 0 Å². The standard InChI is InChI=1S/C18H14ClN3O5/c1-20-17(23)14-15(10-2-6-13(7-3-10)22(25)26)21(27-16(14)18(20)24)12-8-4-11(19)5-9-12/h2-9,14-16H,1H3/t14-,15+,16+/m1/s1. The molecule has 3 atom stereocenters. The van der Waals surface area contributed by atoms with Gasteiger partial charge in [0.2, 0.25) is 5.91 Å². The van der Waals surface area contributed by atoms with Gasteiger partial charge in [-0.25, -0.2) is 5.06 Å². The van der Waals surface area contributed by atoms with Gasteiger partial charge in [-0.05, 0) is 29.8 Å². The van der Waals surface area contributed by atoms with E-state index in [-0.39, 0.29) is 11.6 Å². The Morgan fingerprint density at radius 1 is 1.04 bits per heavy atom. The highest BCUT2D eigenvalue weighted by Crippen LogP contribution is 2.46. The van der Waals surface area contributed by atoms with Gasteiger partial charge in [0.25, 0.3) is 11.6 Å². The van der Waals surface area contributed by atoms with Crippen LogP contribution in [0.3, 0.4) is 0 Å². The quantitative estimate of drug-likeness (QED) is 0.456. The lowest BCUT2D eigenvalue weighted by Crippen LogP contribution is -2.34. The van der Waals surface area contributed by atoms with E-state index in [0.29, 0.717) is 16.3 Å². The molecule has 0 radical (unpaired) electrons. The number of non-ortho nitro benzene ring substituents is 1. The van der Waals surface area contributed by atoms with E-state index in [1.165, 1.54) is 24.2 Å². The molecule has 2 fully saturated rings. The highest BCUT2D eigenvalue weighted by molar-refractivity contribution is 6.30. The van der Waals surface area contributed by atoms with Gasteiger partial charge in [-0.1, -0.05) is 23.7 Å². The number of imide groups is 1. The minimum Gasteiger partial charge on any atom is -0.283 e. The summed E-state index contributed by atoms with van der Waals surface area (Å²) >= 11 is 5.94. The van der Waals surface area contributed by atoms with Crippen molar-refractivity contribution in [1.82, 2.24) is 4.90 Å². The molecule has 138 valence electrons. The molecule has 2 amide bonds. The van der Waals surface area contributed by atoms with Gasteiger partial charge in [0, 0.05) is 24.2 Å². The van der Waals surface area contributed by atoms with Gasteiger partial charge in [-0.2, -0.15) is 0 Å². The van der Waals surface area contributed by atoms with Gasteiger partial charge in [0.15, 0.2) is 6.10 Å². The minimum atomic E-state index is -0.932. The van der Waals surface area contributed by atoms with Crippen LogP contribution in [0.25, 0.3) is 0 Å². The Kier molecular flexibility index (Phi) is 4.09. The third-order valence-corrected chi connectivity index (χ3v) is 5.11. The number of hydroxylamine groups is 1. The normalized spacial score (nSPS) is 24.4. The van der Waals surface area contributed by atoms with Gasteiger partial charge in [0.05, 0.1) is 16.7 Å². The molecule has 0 aliphatic carbocycles. The zero-order valence-corrected chi connectivity index (χ0v) is 14.9. The summed E-state index contributed by atoms with van der Waals surface area (Å²) in [5.74, 6) is -1.49. The van der Waals surface area contributed by atoms with E-state index in [0.717, 1.165) is 4.90 Å². The van der Waals surface area contributed by atoms with Crippen LogP contribution in [0.2, 0.25) is 5.02 Å². The number of amides is 2. The maximum Gasteiger partial charge on any atom is 0.269 e. The summed E-state index contributed by atoms with van der Waals surface area (Å²) < 4.78 is 0. The third-order valence-electron chi connectivity index (χ3n) is 4.86. The average Bonchev–Trinajstić information content (AvgIpc) is 3.15. The second kappa shape index (κ2) is 6.33. The Morgan fingerprint density at radius 3 is 2.26 bits per heavy atom. The number of carbonyl (C=O) groups is 2. The summed E-state index contributed by atoms with van der Waals surface area (Å²) in [7, 11) is 1.42. The Labute approximate surface area is 159 Å². The number of anilines is 1. The van der Waals surface area contributed by atoms with Crippen molar-refractivity contribution in [2.45, 2.75) is 12.1 Å². The fourth-order valence-electron chi connectivity index (χ4n) is 3.50. The zero-order valence-electron chi connectivity index (χ0n) is 14.1. The van der Waals surface area contributed by atoms with Crippen molar-refractivity contribution in [2.24, 2.45) is 5.92 Å². The second-order valence-electron chi connectivity index (χ2n) is 6.38. The number of nitrogens with zero attached hydrogens (tertiary/aromatic N) is 3. The SMILES string of the molecule is CN1C(=O)[C@H]2[C@H](ON(c3ccc(Cl)cc3)[C@H]2c2ccc([N+](=O)[O-])cc2)C1=O. The molecule has 0 aromatic heterocycles. The molecule has 0 spiro atoms. The molecule has 2 heterocycles. The highest BCUT2D eigenvalue weighted by atomic mass is 35.5. The molecule has 2 aromatic carbocycles. The van der Waals surface area contributed by atoms with E-state index < -0.39 is 28.9 Å². The summed E-state index contributed by atoms with van der Waals surface area (Å²) in [6, 6.07) is 12.1. The summed E-state index contributed by atoms with van der Waals surface area (Å²) in [6.07, 6.45) is -0.932. The number of nitro benzene ring substituents is 1. The first-order valence-electron chi connectivity index (χ1n) is 8.16. The fraction of sp³-hybridized carbons (Fsp3) is 0.222. The molecule has 0 N–H and O–H groups in total. The molecule has 27 heavy (non-hydrogen) atoms. The first-order chi connectivity index (χ1) is 12.9. The number of hydrogen-bond donors (Lipinski definition) is 0. The fourth-order valence-corrected chi connectivity index (χ4v) is 3.62. The van der Waals surface area contributed by atoms with Gasteiger partial charge in [-0.3, -0.25) is 29.4 Å². The largest absolute Gasteiger partial charge is 0.283 e. The van der Waals surface area contributed by atoms with Crippen molar-refractivity contribution in [1.29, 1.82) is 0 Å². The number of rotatable bonds is 3. The van der Waals surface area contributed by atoms with Crippen LogP contribution in [0.1, 0.15) is 11.6 Å². The van der Waals surface area contributed by atoms with E-state index >= 15 is 0 Å². The first kappa shape index (κ1) is 17.4. The number of benzene rings is 2. The maximum atomic E-state index is 12.7. The first-order valence-corrected chi connectivity index (χ1v) is 8.53. The Hall–Kier alpha value is -2.97. The van der Waals surface area contributed by atoms with Crippen molar-refractivity contribution < 1.29 is 19.3 Å². The lowest BCUT2D eigenvalue weighted by atomic mass is 9.90. The lowest BCUT2D eigenvalue weighted by molar-refractivity contribution is -0.384. The zero-order chi connectivity index (χ0) is 19.3. The molecule has 0 saturated carbocycles. The number of carbonyl (C=O) groups excluding carboxylic acids is 2. The lowest BCUT2D eigenvalue weighted by Gasteiger charge is -2.28. The van der Waals surface area contributed by atoms with Crippen LogP contribution >= 0.6 is 11.6 Å². The monoisotopic (exact) mass is 387 g/mol. The van der Waals surface area contributed by atoms with Crippen molar-refractivity contribution in [3.05, 3.63) is 69.2 Å². The second-order valence-corrected chi connectivity index (χ2v) is 6.82. The molecular formula is C18H14ClN3O5. The Balaban J connectivity index is 1.79. The molecule has 2 aliphatic heterocycles. The van der Waals surface area contributed by atoms with Crippen LogP contribution in [-0.2, 0) is 14.4 Å². The van der Waals surface area contributed by atoms with E-state index in [2.05, 4.69) is 0 Å². The summed E-state index contributed by atoms with van der Waals surface area (Å²) in [5, 5.41) is 13.0. The number of nitro groups is 1. The number of halogens is 1. The number of fused-ring (bicyclic) bond motifs is 1. The summed E-state index contributed by atoms with van der Waals surface area (Å²) in [6.45, 7) is 0. The third kappa shape index (κ3) is 2.73. The molecule has 2 aromatic rings. The number of hydrogen-bond acceptors (Lipinski definition) is 6. The summed E-state index contributed by atoms with van der Waals surface area (Å²) in [4.78, 5) is 42.4.